The third-order valence-corrected chi connectivity index (χ3v) is 3.33. The van der Waals surface area contributed by atoms with Crippen molar-refractivity contribution in [3.05, 3.63) is 35.1 Å². The summed E-state index contributed by atoms with van der Waals surface area (Å²) in [5.41, 5.74) is 6.54. The summed E-state index contributed by atoms with van der Waals surface area (Å²) in [6.07, 6.45) is 1.49. The van der Waals surface area contributed by atoms with Gasteiger partial charge in [-0.3, -0.25) is 0 Å². The second kappa shape index (κ2) is 5.99. The monoisotopic (exact) mass is 267 g/mol. The number of rotatable bonds is 5. The van der Waals surface area contributed by atoms with Gasteiger partial charge in [-0.05, 0) is 49.1 Å². The van der Waals surface area contributed by atoms with Gasteiger partial charge in [0.1, 0.15) is 5.82 Å². The van der Waals surface area contributed by atoms with Crippen molar-refractivity contribution in [2.75, 3.05) is 6.54 Å². The molecule has 104 valence electrons. The van der Waals surface area contributed by atoms with Gasteiger partial charge in [0.25, 0.3) is 0 Å². The minimum Gasteiger partial charge on any atom is -0.409 e. The van der Waals surface area contributed by atoms with Crippen LogP contribution in [0.5, 0.6) is 0 Å². The van der Waals surface area contributed by atoms with Gasteiger partial charge >= 0.3 is 0 Å². The van der Waals surface area contributed by atoms with Crippen molar-refractivity contribution >= 4 is 5.84 Å². The summed E-state index contributed by atoms with van der Waals surface area (Å²) in [4.78, 5) is 0. The van der Waals surface area contributed by atoms with Crippen molar-refractivity contribution < 1.29 is 14.7 Å². The van der Waals surface area contributed by atoms with Crippen LogP contribution in [0.3, 0.4) is 0 Å². The van der Waals surface area contributed by atoms with Crippen LogP contribution in [0, 0.1) is 11.7 Å². The molecular weight excluding hydrogens is 249 g/mol. The van der Waals surface area contributed by atoms with E-state index >= 15 is 0 Å². The number of nitrogens with two attached hydrogens (primary N) is 1. The summed E-state index contributed by atoms with van der Waals surface area (Å²) in [5, 5.41) is 23.8. The molecule has 1 aliphatic carbocycles. The number of nitrogens with one attached hydrogen (secondary N) is 1. The number of halogens is 1. The second-order valence-electron chi connectivity index (χ2n) is 4.96. The molecule has 0 spiro atoms. The van der Waals surface area contributed by atoms with E-state index in [4.69, 9.17) is 16.0 Å². The zero-order valence-electron chi connectivity index (χ0n) is 10.5. The molecule has 1 aliphatic rings. The molecule has 0 unspecified atom stereocenters. The van der Waals surface area contributed by atoms with Crippen LogP contribution in [0.15, 0.2) is 23.4 Å². The zero-order chi connectivity index (χ0) is 13.8. The molecule has 0 heterocycles. The number of hydrogen-bond acceptors (Lipinski definition) is 4. The first-order valence-electron chi connectivity index (χ1n) is 6.24. The van der Waals surface area contributed by atoms with Crippen molar-refractivity contribution in [2.24, 2.45) is 16.8 Å². The molecule has 5 nitrogen and oxygen atoms in total. The van der Waals surface area contributed by atoms with Crippen molar-refractivity contribution in [3.63, 3.8) is 0 Å². The van der Waals surface area contributed by atoms with E-state index in [1.807, 2.05) is 0 Å². The summed E-state index contributed by atoms with van der Waals surface area (Å²) in [5.74, 6) is -0.0325. The van der Waals surface area contributed by atoms with Gasteiger partial charge in [-0.1, -0.05) is 5.16 Å². The zero-order valence-corrected chi connectivity index (χ0v) is 10.5. The topological polar surface area (TPSA) is 90.9 Å². The number of nitrogens with zero attached hydrogens (tertiary/aromatic N) is 1. The largest absolute Gasteiger partial charge is 0.409 e. The highest BCUT2D eigenvalue weighted by molar-refractivity contribution is 5.97. The average Bonchev–Trinajstić information content (AvgIpc) is 2.35. The summed E-state index contributed by atoms with van der Waals surface area (Å²) in [7, 11) is 0. The van der Waals surface area contributed by atoms with E-state index in [0.29, 0.717) is 18.0 Å². The van der Waals surface area contributed by atoms with Gasteiger partial charge in [-0.15, -0.1) is 0 Å². The first kappa shape index (κ1) is 13.8. The Hall–Kier alpha value is -1.66. The molecule has 0 amide bonds. The predicted molar refractivity (Wildman–Crippen MR) is 69.3 cm³/mol. The van der Waals surface area contributed by atoms with Crippen LogP contribution in [0.1, 0.15) is 24.0 Å². The minimum absolute atomic E-state index is 0.108. The number of aliphatic hydroxyl groups is 1. The fraction of sp³-hybridized carbons (Fsp3) is 0.462. The van der Waals surface area contributed by atoms with Crippen LogP contribution in [-0.2, 0) is 6.54 Å². The van der Waals surface area contributed by atoms with Gasteiger partial charge in [0, 0.05) is 12.1 Å². The molecule has 0 aliphatic heterocycles. The summed E-state index contributed by atoms with van der Waals surface area (Å²) in [6.45, 7) is 1.31. The van der Waals surface area contributed by atoms with E-state index in [-0.39, 0.29) is 11.9 Å². The molecule has 5 N–H and O–H groups in total. The minimum atomic E-state index is -0.417. The van der Waals surface area contributed by atoms with Gasteiger partial charge in [0.2, 0.25) is 0 Å². The van der Waals surface area contributed by atoms with E-state index < -0.39 is 5.82 Å². The van der Waals surface area contributed by atoms with Crippen LogP contribution in [-0.4, -0.2) is 28.8 Å². The standard InChI is InChI=1S/C13H18FN3O2/c14-11-2-8(1-10(5-11)13(15)17-19)6-16-7-9-3-12(18)4-9/h1-2,5,9,12,16,18-19H,3-4,6-7H2,(H2,15,17). The van der Waals surface area contributed by atoms with Crippen molar-refractivity contribution in [1.82, 2.24) is 5.32 Å². The third-order valence-electron chi connectivity index (χ3n) is 3.33. The summed E-state index contributed by atoms with van der Waals surface area (Å²) < 4.78 is 13.4. The van der Waals surface area contributed by atoms with Crippen LogP contribution in [0.25, 0.3) is 0 Å². The van der Waals surface area contributed by atoms with E-state index in [2.05, 4.69) is 10.5 Å². The first-order chi connectivity index (χ1) is 9.08. The molecule has 2 rings (SSSR count). The lowest BCUT2D eigenvalue weighted by atomic mass is 9.82. The van der Waals surface area contributed by atoms with E-state index in [1.54, 1.807) is 6.07 Å². The smallest absolute Gasteiger partial charge is 0.170 e. The number of amidine groups is 1. The lowest BCUT2D eigenvalue weighted by molar-refractivity contribution is 0.0430. The lowest BCUT2D eigenvalue weighted by Gasteiger charge is -2.31. The highest BCUT2D eigenvalue weighted by Gasteiger charge is 2.26. The van der Waals surface area contributed by atoms with Crippen LogP contribution in [0.4, 0.5) is 4.39 Å². The van der Waals surface area contributed by atoms with Crippen molar-refractivity contribution in [3.8, 4) is 0 Å². The SMILES string of the molecule is N/C(=N/O)c1cc(F)cc(CNCC2CC(O)C2)c1. The van der Waals surface area contributed by atoms with Gasteiger partial charge in [0.15, 0.2) is 5.84 Å². The van der Waals surface area contributed by atoms with Crippen LogP contribution in [0.2, 0.25) is 0 Å². The molecule has 0 bridgehead atoms. The third kappa shape index (κ3) is 3.65. The quantitative estimate of drug-likeness (QED) is 0.275. The number of aliphatic hydroxyl groups excluding tert-OH is 1. The molecule has 1 fully saturated rings. The molecule has 1 aromatic carbocycles. The second-order valence-corrected chi connectivity index (χ2v) is 4.96. The number of hydrogen-bond donors (Lipinski definition) is 4. The summed E-state index contributed by atoms with van der Waals surface area (Å²) in [6, 6.07) is 4.32. The Bertz CT molecular complexity index is 473. The van der Waals surface area contributed by atoms with Gasteiger partial charge in [0.05, 0.1) is 6.10 Å². The Morgan fingerprint density at radius 1 is 1.42 bits per heavy atom. The average molecular weight is 267 g/mol. The molecule has 0 aromatic heterocycles. The molecular formula is C13H18FN3O2. The normalized spacial score (nSPS) is 23.2. The van der Waals surface area contributed by atoms with Crippen molar-refractivity contribution in [2.45, 2.75) is 25.5 Å². The maximum atomic E-state index is 13.4. The first-order valence-corrected chi connectivity index (χ1v) is 6.24. The Morgan fingerprint density at radius 2 is 2.16 bits per heavy atom. The molecule has 0 saturated heterocycles. The van der Waals surface area contributed by atoms with Gasteiger partial charge in [-0.2, -0.15) is 0 Å². The maximum absolute atomic E-state index is 13.4. The summed E-state index contributed by atoms with van der Waals surface area (Å²) >= 11 is 0. The fourth-order valence-electron chi connectivity index (χ4n) is 2.25. The number of benzene rings is 1. The molecule has 1 aromatic rings. The van der Waals surface area contributed by atoms with Gasteiger partial charge in [-0.25, -0.2) is 4.39 Å². The Balaban J connectivity index is 1.90. The van der Waals surface area contributed by atoms with E-state index in [9.17, 15) is 4.39 Å². The molecule has 0 radical (unpaired) electrons. The van der Waals surface area contributed by atoms with E-state index in [0.717, 1.165) is 24.9 Å². The lowest BCUT2D eigenvalue weighted by Crippen LogP contribution is -2.35. The van der Waals surface area contributed by atoms with Crippen LogP contribution < -0.4 is 11.1 Å². The predicted octanol–water partition coefficient (Wildman–Crippen LogP) is 0.781. The highest BCUT2D eigenvalue weighted by Crippen LogP contribution is 2.26. The molecule has 19 heavy (non-hydrogen) atoms. The fourth-order valence-corrected chi connectivity index (χ4v) is 2.25. The maximum Gasteiger partial charge on any atom is 0.170 e. The van der Waals surface area contributed by atoms with Gasteiger partial charge < -0.3 is 21.4 Å². The highest BCUT2D eigenvalue weighted by atomic mass is 19.1. The molecule has 1 saturated carbocycles. The molecule has 6 heteroatoms. The number of oxime groups is 1. The van der Waals surface area contributed by atoms with Crippen molar-refractivity contribution in [1.29, 1.82) is 0 Å². The van der Waals surface area contributed by atoms with E-state index in [1.165, 1.54) is 12.1 Å². The Morgan fingerprint density at radius 3 is 2.79 bits per heavy atom. The Labute approximate surface area is 110 Å². The van der Waals surface area contributed by atoms with Crippen LogP contribution >= 0.6 is 0 Å². The molecule has 0 atom stereocenters. The Kier molecular flexibility index (Phi) is 4.34.